The van der Waals surface area contributed by atoms with Crippen molar-refractivity contribution in [1.29, 1.82) is 0 Å². The average molecular weight is 555 g/mol. The van der Waals surface area contributed by atoms with Crippen LogP contribution in [-0.4, -0.2) is 41.0 Å². The summed E-state index contributed by atoms with van der Waals surface area (Å²) < 4.78 is 16.5. The van der Waals surface area contributed by atoms with E-state index in [4.69, 9.17) is 9.15 Å². The van der Waals surface area contributed by atoms with Crippen molar-refractivity contribution in [1.82, 2.24) is 10.2 Å². The fourth-order valence-electron chi connectivity index (χ4n) is 3.42. The van der Waals surface area contributed by atoms with Crippen molar-refractivity contribution in [3.63, 3.8) is 0 Å². The average Bonchev–Trinajstić information content (AvgIpc) is 3.43. The van der Waals surface area contributed by atoms with Crippen LogP contribution in [0.15, 0.2) is 69.2 Å². The number of imide groups is 1. The predicted octanol–water partition coefficient (Wildman–Crippen LogP) is 4.20. The van der Waals surface area contributed by atoms with Gasteiger partial charge in [-0.3, -0.25) is 9.69 Å². The molecule has 36 heavy (non-hydrogen) atoms. The Bertz CT molecular complexity index is 1390. The van der Waals surface area contributed by atoms with Gasteiger partial charge in [0.2, 0.25) is 5.76 Å². The number of hydrogen-bond acceptors (Lipinski definition) is 7. The molecule has 0 aliphatic carbocycles. The van der Waals surface area contributed by atoms with Crippen LogP contribution in [0.25, 0.3) is 6.08 Å². The lowest BCUT2D eigenvalue weighted by Crippen LogP contribution is -2.30. The Morgan fingerprint density at radius 1 is 1.14 bits per heavy atom. The number of nitrogens with zero attached hydrogens (tertiary/aromatic N) is 1. The Morgan fingerprint density at radius 2 is 1.94 bits per heavy atom. The second kappa shape index (κ2) is 10.5. The summed E-state index contributed by atoms with van der Waals surface area (Å²) in [5, 5.41) is 11.7. The monoisotopic (exact) mass is 554 g/mol. The van der Waals surface area contributed by atoms with Gasteiger partial charge in [-0.25, -0.2) is 14.4 Å². The molecule has 1 fully saturated rings. The van der Waals surface area contributed by atoms with E-state index >= 15 is 0 Å². The van der Waals surface area contributed by atoms with Gasteiger partial charge in [-0.15, -0.1) is 0 Å². The number of ether oxygens (including phenoxy) is 2. The van der Waals surface area contributed by atoms with Crippen molar-refractivity contribution in [2.75, 3.05) is 7.11 Å². The summed E-state index contributed by atoms with van der Waals surface area (Å²) in [5.41, 5.74) is 1.33. The van der Waals surface area contributed by atoms with Gasteiger partial charge < -0.3 is 24.3 Å². The number of furan rings is 1. The number of carbonyl (C=O) groups excluding carboxylic acids is 3. The Hall–Kier alpha value is -4.38. The van der Waals surface area contributed by atoms with E-state index in [-0.39, 0.29) is 35.9 Å². The molecule has 0 atom stereocenters. The molecule has 1 aliphatic rings. The molecule has 2 aromatic carbocycles. The number of urea groups is 1. The van der Waals surface area contributed by atoms with Gasteiger partial charge in [0.05, 0.1) is 19.2 Å². The summed E-state index contributed by atoms with van der Waals surface area (Å²) in [4.78, 5) is 49.1. The number of esters is 1. The van der Waals surface area contributed by atoms with Gasteiger partial charge in [0.1, 0.15) is 23.8 Å². The Labute approximate surface area is 213 Å². The first-order valence-electron chi connectivity index (χ1n) is 10.5. The number of carboxylic acids is 1. The lowest BCUT2D eigenvalue weighted by Gasteiger charge is -2.11. The largest absolute Gasteiger partial charge is 0.488 e. The highest BCUT2D eigenvalue weighted by molar-refractivity contribution is 9.10. The van der Waals surface area contributed by atoms with Crippen molar-refractivity contribution in [2.24, 2.45) is 0 Å². The van der Waals surface area contributed by atoms with Crippen molar-refractivity contribution < 1.29 is 38.2 Å². The number of halogens is 1. The van der Waals surface area contributed by atoms with E-state index in [0.29, 0.717) is 21.3 Å². The van der Waals surface area contributed by atoms with Gasteiger partial charge in [-0.2, -0.15) is 0 Å². The summed E-state index contributed by atoms with van der Waals surface area (Å²) in [7, 11) is 1.21. The summed E-state index contributed by atoms with van der Waals surface area (Å²) in [6.45, 7) is -0.0901. The molecular formula is C25H19BrN2O8. The molecular weight excluding hydrogens is 536 g/mol. The van der Waals surface area contributed by atoms with Crippen LogP contribution in [0.3, 0.4) is 0 Å². The molecule has 184 valence electrons. The van der Waals surface area contributed by atoms with E-state index in [0.717, 1.165) is 4.90 Å². The first-order chi connectivity index (χ1) is 17.2. The van der Waals surface area contributed by atoms with Crippen LogP contribution in [0.4, 0.5) is 4.79 Å². The van der Waals surface area contributed by atoms with Gasteiger partial charge in [0.15, 0.2) is 0 Å². The van der Waals surface area contributed by atoms with E-state index in [1.54, 1.807) is 30.3 Å². The molecule has 0 radical (unpaired) electrons. The number of methoxy groups -OCH3 is 1. The first kappa shape index (κ1) is 24.7. The minimum Gasteiger partial charge on any atom is -0.488 e. The highest BCUT2D eigenvalue weighted by Crippen LogP contribution is 2.28. The maximum Gasteiger partial charge on any atom is 0.373 e. The second-order valence-corrected chi connectivity index (χ2v) is 8.53. The third-order valence-corrected chi connectivity index (χ3v) is 5.66. The van der Waals surface area contributed by atoms with Crippen LogP contribution in [0.1, 0.15) is 37.8 Å². The van der Waals surface area contributed by atoms with Crippen LogP contribution in [-0.2, 0) is 22.7 Å². The van der Waals surface area contributed by atoms with Crippen molar-refractivity contribution in [3.05, 3.63) is 93.0 Å². The molecule has 4 rings (SSSR count). The van der Waals surface area contributed by atoms with Gasteiger partial charge in [0.25, 0.3) is 5.91 Å². The number of rotatable bonds is 8. The second-order valence-electron chi connectivity index (χ2n) is 7.61. The van der Waals surface area contributed by atoms with Crippen LogP contribution in [0.2, 0.25) is 0 Å². The fourth-order valence-corrected chi connectivity index (χ4v) is 3.80. The van der Waals surface area contributed by atoms with E-state index in [1.165, 1.54) is 37.5 Å². The number of hydrogen-bond donors (Lipinski definition) is 2. The third-order valence-electron chi connectivity index (χ3n) is 5.16. The van der Waals surface area contributed by atoms with Crippen molar-refractivity contribution in [2.45, 2.75) is 13.2 Å². The zero-order chi connectivity index (χ0) is 25.8. The smallest absolute Gasteiger partial charge is 0.373 e. The number of carboxylic acid groups (broad SMARTS) is 1. The van der Waals surface area contributed by atoms with Gasteiger partial charge in [0, 0.05) is 10.0 Å². The van der Waals surface area contributed by atoms with E-state index in [2.05, 4.69) is 26.0 Å². The molecule has 2 N–H and O–H groups in total. The zero-order valence-electron chi connectivity index (χ0n) is 18.8. The molecule has 3 aromatic rings. The van der Waals surface area contributed by atoms with E-state index < -0.39 is 23.9 Å². The standard InChI is InChI=1S/C25H19BrN2O8/c1-34-24(32)21-8-6-18(36-21)12-28-22(29)19(27-25(28)33)11-16-10-17(26)5-7-20(16)35-13-14-3-2-4-15(9-14)23(30)31/h2-11H,12-13H2,1H3,(H,27,33)(H,30,31)/b19-11-. The number of carbonyl (C=O) groups is 4. The number of nitrogens with one attached hydrogen (secondary N) is 1. The predicted molar refractivity (Wildman–Crippen MR) is 129 cm³/mol. The molecule has 1 aliphatic heterocycles. The molecule has 1 saturated heterocycles. The summed E-state index contributed by atoms with van der Waals surface area (Å²) >= 11 is 3.39. The van der Waals surface area contributed by atoms with E-state index in [9.17, 15) is 24.3 Å². The number of benzene rings is 2. The number of amides is 3. The minimum atomic E-state index is -1.04. The molecule has 3 amide bonds. The lowest BCUT2D eigenvalue weighted by molar-refractivity contribution is -0.123. The summed E-state index contributed by atoms with van der Waals surface area (Å²) in [5.74, 6) is -1.69. The Morgan fingerprint density at radius 3 is 2.69 bits per heavy atom. The maximum absolute atomic E-state index is 12.9. The molecule has 2 heterocycles. The van der Waals surface area contributed by atoms with Crippen molar-refractivity contribution in [3.8, 4) is 5.75 Å². The lowest BCUT2D eigenvalue weighted by atomic mass is 10.1. The quantitative estimate of drug-likeness (QED) is 0.240. The molecule has 0 spiro atoms. The topological polar surface area (TPSA) is 135 Å². The van der Waals surface area contributed by atoms with Gasteiger partial charge >= 0.3 is 18.0 Å². The highest BCUT2D eigenvalue weighted by Gasteiger charge is 2.34. The van der Waals surface area contributed by atoms with Crippen molar-refractivity contribution >= 4 is 45.9 Å². The molecule has 0 saturated carbocycles. The summed E-state index contributed by atoms with van der Waals surface area (Å²) in [6.07, 6.45) is 1.48. The molecule has 1 aromatic heterocycles. The van der Waals surface area contributed by atoms with E-state index in [1.807, 2.05) is 0 Å². The maximum atomic E-state index is 12.9. The third kappa shape index (κ3) is 5.47. The Kier molecular flexibility index (Phi) is 7.20. The fraction of sp³-hybridized carbons (Fsp3) is 0.120. The molecule has 10 nitrogen and oxygen atoms in total. The Balaban J connectivity index is 1.52. The van der Waals surface area contributed by atoms with Crippen LogP contribution >= 0.6 is 15.9 Å². The van der Waals surface area contributed by atoms with Gasteiger partial charge in [-0.1, -0.05) is 28.1 Å². The van der Waals surface area contributed by atoms with Crippen LogP contribution in [0.5, 0.6) is 5.75 Å². The summed E-state index contributed by atoms with van der Waals surface area (Å²) in [6, 6.07) is 13.7. The first-order valence-corrected chi connectivity index (χ1v) is 11.3. The minimum absolute atomic E-state index is 0.0237. The van der Waals surface area contributed by atoms with Crippen LogP contribution < -0.4 is 10.1 Å². The highest BCUT2D eigenvalue weighted by atomic mass is 79.9. The molecule has 11 heteroatoms. The van der Waals surface area contributed by atoms with Gasteiger partial charge in [-0.05, 0) is 54.1 Å². The molecule has 0 bridgehead atoms. The normalized spacial score (nSPS) is 14.2. The number of aromatic carboxylic acids is 1. The molecule has 0 unspecified atom stereocenters. The SMILES string of the molecule is COC(=O)c1ccc(CN2C(=O)N/C(=C\c3cc(Br)ccc3OCc3cccc(C(=O)O)c3)C2=O)o1. The van der Waals surface area contributed by atoms with Crippen LogP contribution in [0, 0.1) is 0 Å². The zero-order valence-corrected chi connectivity index (χ0v) is 20.4.